The highest BCUT2D eigenvalue weighted by Gasteiger charge is 2.09. The van der Waals surface area contributed by atoms with Crippen LogP contribution < -0.4 is 14.8 Å². The lowest BCUT2D eigenvalue weighted by Crippen LogP contribution is -2.21. The van der Waals surface area contributed by atoms with Gasteiger partial charge < -0.3 is 19.5 Å². The Labute approximate surface area is 150 Å². The van der Waals surface area contributed by atoms with Crippen molar-refractivity contribution in [3.8, 4) is 11.5 Å². The third-order valence-electron chi connectivity index (χ3n) is 3.13. The van der Waals surface area contributed by atoms with Crippen LogP contribution in [0.4, 0.5) is 5.69 Å². The lowest BCUT2D eigenvalue weighted by molar-refractivity contribution is -0.144. The van der Waals surface area contributed by atoms with Crippen molar-refractivity contribution < 1.29 is 23.8 Å². The SMILES string of the molecule is COc1ccc(SCC(=O)OCC(=O)Nc2cccc(OC)c2)cc1. The number of ether oxygens (including phenoxy) is 3. The number of carbonyl (C=O) groups is 2. The van der Waals surface area contributed by atoms with E-state index < -0.39 is 11.9 Å². The van der Waals surface area contributed by atoms with Crippen molar-refractivity contribution >= 4 is 29.3 Å². The molecule has 0 bridgehead atoms. The maximum atomic E-state index is 11.8. The van der Waals surface area contributed by atoms with Crippen LogP contribution in [0, 0.1) is 0 Å². The van der Waals surface area contributed by atoms with Crippen LogP contribution in [0.2, 0.25) is 0 Å². The fourth-order valence-corrected chi connectivity index (χ4v) is 2.60. The molecule has 0 aliphatic carbocycles. The first-order valence-electron chi connectivity index (χ1n) is 7.47. The van der Waals surface area contributed by atoms with E-state index in [1.165, 1.54) is 11.8 Å². The van der Waals surface area contributed by atoms with Crippen LogP contribution in [0.25, 0.3) is 0 Å². The van der Waals surface area contributed by atoms with E-state index in [-0.39, 0.29) is 12.4 Å². The van der Waals surface area contributed by atoms with E-state index in [9.17, 15) is 9.59 Å². The standard InChI is InChI=1S/C18H19NO5S/c1-22-14-6-8-16(9-7-14)25-12-18(21)24-11-17(20)19-13-4-3-5-15(10-13)23-2/h3-10H,11-12H2,1-2H3,(H,19,20). The summed E-state index contributed by atoms with van der Waals surface area (Å²) >= 11 is 1.33. The van der Waals surface area contributed by atoms with Crippen molar-refractivity contribution in [1.82, 2.24) is 0 Å². The van der Waals surface area contributed by atoms with Crippen molar-refractivity contribution in [3.63, 3.8) is 0 Å². The normalized spacial score (nSPS) is 10.0. The molecule has 0 aromatic heterocycles. The molecule has 2 aromatic carbocycles. The van der Waals surface area contributed by atoms with Gasteiger partial charge in [-0.15, -0.1) is 11.8 Å². The quantitative estimate of drug-likeness (QED) is 0.576. The molecule has 0 spiro atoms. The molecular formula is C18H19NO5S. The molecule has 0 saturated heterocycles. The van der Waals surface area contributed by atoms with Gasteiger partial charge in [0, 0.05) is 16.6 Å². The highest BCUT2D eigenvalue weighted by Crippen LogP contribution is 2.21. The van der Waals surface area contributed by atoms with Crippen LogP contribution in [0.15, 0.2) is 53.4 Å². The molecule has 0 radical (unpaired) electrons. The van der Waals surface area contributed by atoms with E-state index >= 15 is 0 Å². The first-order valence-corrected chi connectivity index (χ1v) is 8.45. The first-order chi connectivity index (χ1) is 12.1. The fraction of sp³-hybridized carbons (Fsp3) is 0.222. The number of benzene rings is 2. The molecule has 0 heterocycles. The molecule has 1 N–H and O–H groups in total. The Kier molecular flexibility index (Phi) is 7.16. The number of esters is 1. The van der Waals surface area contributed by atoms with Gasteiger partial charge in [0.1, 0.15) is 11.5 Å². The van der Waals surface area contributed by atoms with Crippen molar-refractivity contribution in [2.45, 2.75) is 4.90 Å². The van der Waals surface area contributed by atoms with Gasteiger partial charge in [0.15, 0.2) is 6.61 Å². The predicted octanol–water partition coefficient (Wildman–Crippen LogP) is 2.98. The summed E-state index contributed by atoms with van der Waals surface area (Å²) in [5, 5.41) is 2.64. The van der Waals surface area contributed by atoms with E-state index in [2.05, 4.69) is 5.32 Å². The van der Waals surface area contributed by atoms with Gasteiger partial charge in [-0.25, -0.2) is 0 Å². The molecular weight excluding hydrogens is 342 g/mol. The van der Waals surface area contributed by atoms with Gasteiger partial charge in [0.25, 0.3) is 5.91 Å². The maximum Gasteiger partial charge on any atom is 0.316 e. The number of nitrogens with one attached hydrogen (secondary N) is 1. The van der Waals surface area contributed by atoms with Crippen LogP contribution >= 0.6 is 11.8 Å². The summed E-state index contributed by atoms with van der Waals surface area (Å²) < 4.78 is 15.1. The third-order valence-corrected chi connectivity index (χ3v) is 4.12. The lowest BCUT2D eigenvalue weighted by atomic mass is 10.3. The molecule has 0 unspecified atom stereocenters. The molecule has 2 aromatic rings. The molecule has 0 aliphatic heterocycles. The van der Waals surface area contributed by atoms with Crippen molar-refractivity contribution in [2.24, 2.45) is 0 Å². The zero-order chi connectivity index (χ0) is 18.1. The predicted molar refractivity (Wildman–Crippen MR) is 96.3 cm³/mol. The third kappa shape index (κ3) is 6.39. The van der Waals surface area contributed by atoms with Gasteiger partial charge in [-0.3, -0.25) is 9.59 Å². The number of amides is 1. The van der Waals surface area contributed by atoms with Crippen molar-refractivity contribution in [1.29, 1.82) is 0 Å². The summed E-state index contributed by atoms with van der Waals surface area (Å²) in [6.45, 7) is -0.334. The Bertz CT molecular complexity index is 718. The number of carbonyl (C=O) groups excluding carboxylic acids is 2. The van der Waals surface area contributed by atoms with E-state index in [0.29, 0.717) is 11.4 Å². The number of methoxy groups -OCH3 is 2. The second-order valence-corrected chi connectivity index (χ2v) is 5.95. The molecule has 0 saturated carbocycles. The second-order valence-electron chi connectivity index (χ2n) is 4.91. The monoisotopic (exact) mass is 361 g/mol. The Balaban J connectivity index is 1.72. The number of rotatable bonds is 8. The summed E-state index contributed by atoms with van der Waals surface area (Å²) in [5.41, 5.74) is 0.577. The van der Waals surface area contributed by atoms with Gasteiger partial charge in [0.05, 0.1) is 20.0 Å². The molecule has 0 fully saturated rings. The van der Waals surface area contributed by atoms with Crippen LogP contribution in [0.1, 0.15) is 0 Å². The zero-order valence-corrected chi connectivity index (χ0v) is 14.8. The van der Waals surface area contributed by atoms with Gasteiger partial charge in [-0.1, -0.05) is 6.07 Å². The fourth-order valence-electron chi connectivity index (χ4n) is 1.90. The molecule has 2 rings (SSSR count). The Morgan fingerprint density at radius 3 is 2.40 bits per heavy atom. The van der Waals surface area contributed by atoms with Gasteiger partial charge >= 0.3 is 5.97 Å². The topological polar surface area (TPSA) is 73.9 Å². The molecule has 7 heteroatoms. The van der Waals surface area contributed by atoms with Crippen LogP contribution in [-0.4, -0.2) is 38.5 Å². The van der Waals surface area contributed by atoms with Crippen LogP contribution in [-0.2, 0) is 14.3 Å². The molecule has 1 amide bonds. The molecule has 6 nitrogen and oxygen atoms in total. The van der Waals surface area contributed by atoms with E-state index in [0.717, 1.165) is 10.6 Å². The number of thioether (sulfide) groups is 1. The summed E-state index contributed by atoms with van der Waals surface area (Å²) in [6.07, 6.45) is 0. The van der Waals surface area contributed by atoms with Crippen LogP contribution in [0.5, 0.6) is 11.5 Å². The molecule has 132 valence electrons. The maximum absolute atomic E-state index is 11.8. The van der Waals surface area contributed by atoms with Crippen molar-refractivity contribution in [2.75, 3.05) is 31.9 Å². The Hall–Kier alpha value is -2.67. The summed E-state index contributed by atoms with van der Waals surface area (Å²) in [7, 11) is 3.14. The highest BCUT2D eigenvalue weighted by atomic mass is 32.2. The van der Waals surface area contributed by atoms with Crippen molar-refractivity contribution in [3.05, 3.63) is 48.5 Å². The lowest BCUT2D eigenvalue weighted by Gasteiger charge is -2.08. The largest absolute Gasteiger partial charge is 0.497 e. The molecule has 0 atom stereocenters. The minimum absolute atomic E-state index is 0.124. The Morgan fingerprint density at radius 1 is 1.00 bits per heavy atom. The Morgan fingerprint density at radius 2 is 1.72 bits per heavy atom. The summed E-state index contributed by atoms with van der Waals surface area (Å²) in [6, 6.07) is 14.3. The summed E-state index contributed by atoms with van der Waals surface area (Å²) in [4.78, 5) is 24.5. The zero-order valence-electron chi connectivity index (χ0n) is 14.0. The molecule has 0 aliphatic rings. The van der Waals surface area contributed by atoms with E-state index in [4.69, 9.17) is 14.2 Å². The smallest absolute Gasteiger partial charge is 0.316 e. The van der Waals surface area contributed by atoms with Gasteiger partial charge in [0.2, 0.25) is 0 Å². The van der Waals surface area contributed by atoms with E-state index in [1.807, 2.05) is 24.3 Å². The number of hydrogen-bond acceptors (Lipinski definition) is 6. The van der Waals surface area contributed by atoms with Gasteiger partial charge in [-0.05, 0) is 36.4 Å². The minimum Gasteiger partial charge on any atom is -0.497 e. The molecule has 25 heavy (non-hydrogen) atoms. The highest BCUT2D eigenvalue weighted by molar-refractivity contribution is 8.00. The van der Waals surface area contributed by atoms with Gasteiger partial charge in [-0.2, -0.15) is 0 Å². The average molecular weight is 361 g/mol. The second kappa shape index (κ2) is 9.58. The van der Waals surface area contributed by atoms with E-state index in [1.54, 1.807) is 38.5 Å². The van der Waals surface area contributed by atoms with Crippen LogP contribution in [0.3, 0.4) is 0 Å². The average Bonchev–Trinajstić information content (AvgIpc) is 2.65. The number of hydrogen-bond donors (Lipinski definition) is 1. The minimum atomic E-state index is -0.457. The number of anilines is 1. The first kappa shape index (κ1) is 18.7. The summed E-state index contributed by atoms with van der Waals surface area (Å²) in [5.74, 6) is 0.642.